The number of rotatable bonds is 3. The minimum atomic E-state index is -0.290. The van der Waals surface area contributed by atoms with Crippen molar-refractivity contribution in [3.8, 4) is 11.1 Å². The molecule has 1 heterocycles. The van der Waals surface area contributed by atoms with Gasteiger partial charge in [-0.1, -0.05) is 66.2 Å². The number of hydrogen-bond donors (Lipinski definition) is 1. The minimum absolute atomic E-state index is 0.278. The van der Waals surface area contributed by atoms with E-state index in [0.717, 1.165) is 22.1 Å². The Labute approximate surface area is 156 Å². The molecule has 0 radical (unpaired) electrons. The number of carbonyl (C=O) groups is 1. The fourth-order valence-electron chi connectivity index (χ4n) is 2.99. The van der Waals surface area contributed by atoms with Crippen LogP contribution in [0.2, 0.25) is 5.02 Å². The fourth-order valence-corrected chi connectivity index (χ4v) is 3.20. The number of furan rings is 1. The molecule has 3 aromatic carbocycles. The van der Waals surface area contributed by atoms with Gasteiger partial charge in [0.15, 0.2) is 11.3 Å². The summed E-state index contributed by atoms with van der Waals surface area (Å²) in [6.45, 7) is 1.86. The van der Waals surface area contributed by atoms with Crippen molar-refractivity contribution in [3.63, 3.8) is 0 Å². The molecule has 0 aliphatic carbocycles. The smallest absolute Gasteiger partial charge is 0.291 e. The van der Waals surface area contributed by atoms with Crippen molar-refractivity contribution < 1.29 is 9.21 Å². The highest BCUT2D eigenvalue weighted by Crippen LogP contribution is 2.31. The highest BCUT2D eigenvalue weighted by molar-refractivity contribution is 6.35. The standard InChI is InChI=1S/C22H16ClNO2/c1-14-18-8-5-9-19(23)21(18)26-20(14)22(25)24-17-12-10-16(11-13-17)15-6-3-2-4-7-15/h2-13H,1H3,(H,24,25). The monoisotopic (exact) mass is 361 g/mol. The molecule has 0 aliphatic heterocycles. The summed E-state index contributed by atoms with van der Waals surface area (Å²) in [5.74, 6) is -0.0116. The van der Waals surface area contributed by atoms with E-state index in [2.05, 4.69) is 17.4 Å². The highest BCUT2D eigenvalue weighted by atomic mass is 35.5. The van der Waals surface area contributed by atoms with Crippen molar-refractivity contribution in [2.75, 3.05) is 5.32 Å². The summed E-state index contributed by atoms with van der Waals surface area (Å²) in [5.41, 5.74) is 4.25. The quantitative estimate of drug-likeness (QED) is 0.464. The van der Waals surface area contributed by atoms with Gasteiger partial charge >= 0.3 is 0 Å². The van der Waals surface area contributed by atoms with Gasteiger partial charge in [-0.3, -0.25) is 4.79 Å². The van der Waals surface area contributed by atoms with E-state index in [1.54, 1.807) is 6.07 Å². The van der Waals surface area contributed by atoms with Crippen molar-refractivity contribution in [3.05, 3.63) is 89.1 Å². The second-order valence-corrected chi connectivity index (χ2v) is 6.48. The highest BCUT2D eigenvalue weighted by Gasteiger charge is 2.19. The predicted molar refractivity (Wildman–Crippen MR) is 106 cm³/mol. The summed E-state index contributed by atoms with van der Waals surface area (Å²) in [4.78, 5) is 12.6. The molecule has 0 unspecified atom stereocenters. The average Bonchev–Trinajstić information content (AvgIpc) is 3.01. The summed E-state index contributed by atoms with van der Waals surface area (Å²) < 4.78 is 5.71. The average molecular weight is 362 g/mol. The van der Waals surface area contributed by atoms with Gasteiger partial charge in [0.05, 0.1) is 5.02 Å². The first kappa shape index (κ1) is 16.4. The number of para-hydroxylation sites is 1. The van der Waals surface area contributed by atoms with Crippen LogP contribution in [0.1, 0.15) is 16.1 Å². The van der Waals surface area contributed by atoms with Gasteiger partial charge in [-0.05, 0) is 36.2 Å². The van der Waals surface area contributed by atoms with Gasteiger partial charge in [-0.15, -0.1) is 0 Å². The van der Waals surface area contributed by atoms with Crippen LogP contribution in [0, 0.1) is 6.92 Å². The van der Waals surface area contributed by atoms with Gasteiger partial charge in [-0.2, -0.15) is 0 Å². The molecule has 0 saturated carbocycles. The third-order valence-electron chi connectivity index (χ3n) is 4.37. The van der Waals surface area contributed by atoms with Crippen LogP contribution in [0.4, 0.5) is 5.69 Å². The van der Waals surface area contributed by atoms with Crippen LogP contribution in [0.25, 0.3) is 22.1 Å². The summed E-state index contributed by atoms with van der Waals surface area (Å²) in [6.07, 6.45) is 0. The first-order chi connectivity index (χ1) is 12.6. The Morgan fingerprint density at radius 3 is 2.27 bits per heavy atom. The normalized spacial score (nSPS) is 10.8. The molecule has 0 saturated heterocycles. The number of hydrogen-bond acceptors (Lipinski definition) is 2. The molecule has 4 rings (SSSR count). The number of fused-ring (bicyclic) bond motifs is 1. The van der Waals surface area contributed by atoms with Crippen molar-refractivity contribution in [1.29, 1.82) is 0 Å². The molecule has 0 atom stereocenters. The van der Waals surface area contributed by atoms with E-state index in [-0.39, 0.29) is 11.7 Å². The molecular weight excluding hydrogens is 346 g/mol. The Kier molecular flexibility index (Phi) is 4.23. The summed E-state index contributed by atoms with van der Waals surface area (Å²) in [5, 5.41) is 4.23. The molecule has 0 bridgehead atoms. The van der Waals surface area contributed by atoms with Crippen LogP contribution >= 0.6 is 11.6 Å². The molecule has 0 aliphatic rings. The molecule has 1 amide bonds. The Bertz CT molecular complexity index is 1080. The van der Waals surface area contributed by atoms with Crippen molar-refractivity contribution in [2.45, 2.75) is 6.92 Å². The lowest BCUT2D eigenvalue weighted by Crippen LogP contribution is -2.11. The third-order valence-corrected chi connectivity index (χ3v) is 4.67. The van der Waals surface area contributed by atoms with Crippen molar-refractivity contribution in [2.24, 2.45) is 0 Å². The molecule has 0 fully saturated rings. The maximum Gasteiger partial charge on any atom is 0.291 e. The molecule has 3 nitrogen and oxygen atoms in total. The van der Waals surface area contributed by atoms with Gasteiger partial charge in [0.25, 0.3) is 5.91 Å². The third kappa shape index (κ3) is 2.98. The maximum atomic E-state index is 12.6. The summed E-state index contributed by atoms with van der Waals surface area (Å²) >= 11 is 6.16. The Hall–Kier alpha value is -3.04. The van der Waals surface area contributed by atoms with Gasteiger partial charge in [0, 0.05) is 16.6 Å². The predicted octanol–water partition coefficient (Wildman–Crippen LogP) is 6.31. The Balaban J connectivity index is 1.59. The zero-order valence-electron chi connectivity index (χ0n) is 14.1. The van der Waals surface area contributed by atoms with Gasteiger partial charge in [-0.25, -0.2) is 0 Å². The van der Waals surface area contributed by atoms with Crippen LogP contribution in [-0.4, -0.2) is 5.91 Å². The fraction of sp³-hybridized carbons (Fsp3) is 0.0455. The Morgan fingerprint density at radius 2 is 1.58 bits per heavy atom. The van der Waals surface area contributed by atoms with Gasteiger partial charge < -0.3 is 9.73 Å². The van der Waals surface area contributed by atoms with Crippen LogP contribution in [0.3, 0.4) is 0 Å². The lowest BCUT2D eigenvalue weighted by Gasteiger charge is -2.06. The van der Waals surface area contributed by atoms with E-state index in [1.807, 2.05) is 61.5 Å². The topological polar surface area (TPSA) is 42.2 Å². The van der Waals surface area contributed by atoms with E-state index in [0.29, 0.717) is 16.3 Å². The number of aryl methyl sites for hydroxylation is 1. The molecule has 128 valence electrons. The van der Waals surface area contributed by atoms with E-state index in [4.69, 9.17) is 16.0 Å². The molecule has 4 aromatic rings. The van der Waals surface area contributed by atoms with E-state index in [1.165, 1.54) is 0 Å². The first-order valence-corrected chi connectivity index (χ1v) is 8.66. The SMILES string of the molecule is Cc1c(C(=O)Nc2ccc(-c3ccccc3)cc2)oc2c(Cl)cccc12. The number of carbonyl (C=O) groups excluding carboxylic acids is 1. The lowest BCUT2D eigenvalue weighted by atomic mass is 10.1. The van der Waals surface area contributed by atoms with Crippen LogP contribution < -0.4 is 5.32 Å². The Morgan fingerprint density at radius 1 is 0.885 bits per heavy atom. The zero-order chi connectivity index (χ0) is 18.1. The number of anilines is 1. The van der Waals surface area contributed by atoms with Crippen molar-refractivity contribution >= 4 is 34.2 Å². The van der Waals surface area contributed by atoms with Crippen LogP contribution in [0.15, 0.2) is 77.2 Å². The molecular formula is C22H16ClNO2. The number of halogens is 1. The number of nitrogens with one attached hydrogen (secondary N) is 1. The summed E-state index contributed by atoms with van der Waals surface area (Å²) in [6, 6.07) is 23.3. The molecule has 1 N–H and O–H groups in total. The van der Waals surface area contributed by atoms with Gasteiger partial charge in [0.1, 0.15) is 0 Å². The molecule has 0 spiro atoms. The second-order valence-electron chi connectivity index (χ2n) is 6.07. The summed E-state index contributed by atoms with van der Waals surface area (Å²) in [7, 11) is 0. The molecule has 1 aromatic heterocycles. The first-order valence-electron chi connectivity index (χ1n) is 8.28. The van der Waals surface area contributed by atoms with Crippen LogP contribution in [0.5, 0.6) is 0 Å². The zero-order valence-corrected chi connectivity index (χ0v) is 14.9. The number of benzene rings is 3. The lowest BCUT2D eigenvalue weighted by molar-refractivity contribution is 0.0998. The second kappa shape index (κ2) is 6.70. The maximum absolute atomic E-state index is 12.6. The largest absolute Gasteiger partial charge is 0.449 e. The van der Waals surface area contributed by atoms with E-state index < -0.39 is 0 Å². The van der Waals surface area contributed by atoms with E-state index >= 15 is 0 Å². The van der Waals surface area contributed by atoms with E-state index in [9.17, 15) is 4.79 Å². The van der Waals surface area contributed by atoms with Crippen LogP contribution in [-0.2, 0) is 0 Å². The minimum Gasteiger partial charge on any atom is -0.449 e. The molecule has 26 heavy (non-hydrogen) atoms. The van der Waals surface area contributed by atoms with Crippen molar-refractivity contribution in [1.82, 2.24) is 0 Å². The number of amides is 1. The van der Waals surface area contributed by atoms with Gasteiger partial charge in [0.2, 0.25) is 0 Å². The molecule has 4 heteroatoms.